The van der Waals surface area contributed by atoms with Crippen LogP contribution in [0.2, 0.25) is 0 Å². The fourth-order valence-corrected chi connectivity index (χ4v) is 4.54. The summed E-state index contributed by atoms with van der Waals surface area (Å²) in [7, 11) is 3.47. The molecule has 146 valence electrons. The van der Waals surface area contributed by atoms with Crippen molar-refractivity contribution >= 4 is 11.4 Å². The van der Waals surface area contributed by atoms with Crippen molar-refractivity contribution in [2.45, 2.75) is 63.6 Å². The van der Waals surface area contributed by atoms with E-state index in [9.17, 15) is 5.11 Å². The Bertz CT molecular complexity index is 566. The summed E-state index contributed by atoms with van der Waals surface area (Å²) in [6, 6.07) is 5.93. The number of unbranched alkanes of at least 4 members (excludes halogenated alkanes) is 2. The summed E-state index contributed by atoms with van der Waals surface area (Å²) in [6.07, 6.45) is 9.49. The SMILES string of the molecule is COC[C@H]1CCC[C@H]1CCCCCC1Nc2ccc(OC)cc2NC1O. The molecule has 5 nitrogen and oxygen atoms in total. The smallest absolute Gasteiger partial charge is 0.144 e. The first-order chi connectivity index (χ1) is 12.7. The molecule has 0 bridgehead atoms. The molecule has 0 aromatic heterocycles. The predicted molar refractivity (Wildman–Crippen MR) is 106 cm³/mol. The highest BCUT2D eigenvalue weighted by atomic mass is 16.5. The molecule has 1 aromatic rings. The molecule has 2 unspecified atom stereocenters. The zero-order valence-electron chi connectivity index (χ0n) is 16.2. The first-order valence-electron chi connectivity index (χ1n) is 10.1. The molecular formula is C21H34N2O3. The third-order valence-electron chi connectivity index (χ3n) is 6.04. The molecule has 1 saturated carbocycles. The van der Waals surface area contributed by atoms with Crippen molar-refractivity contribution in [1.29, 1.82) is 0 Å². The molecule has 1 heterocycles. The van der Waals surface area contributed by atoms with Crippen LogP contribution >= 0.6 is 0 Å². The number of methoxy groups -OCH3 is 2. The van der Waals surface area contributed by atoms with E-state index < -0.39 is 6.23 Å². The van der Waals surface area contributed by atoms with Crippen LogP contribution < -0.4 is 15.4 Å². The number of anilines is 2. The number of ether oxygens (including phenoxy) is 2. The van der Waals surface area contributed by atoms with E-state index in [4.69, 9.17) is 9.47 Å². The number of rotatable bonds is 9. The molecule has 3 N–H and O–H groups in total. The molecule has 1 aromatic carbocycles. The standard InChI is InChI=1S/C21H34N2O3/c1-25-14-16-9-6-8-15(16)7-4-3-5-10-19-21(24)23-20-13-17(26-2)11-12-18(20)22-19/h11-13,15-16,19,21-24H,3-10,14H2,1-2H3/t15-,16-,19?,21?/m1/s1. The Morgan fingerprint density at radius 3 is 2.62 bits per heavy atom. The van der Waals surface area contributed by atoms with Crippen LogP contribution in [0.1, 0.15) is 51.4 Å². The average molecular weight is 363 g/mol. The van der Waals surface area contributed by atoms with E-state index in [0.29, 0.717) is 0 Å². The minimum Gasteiger partial charge on any atom is -0.497 e. The number of hydrogen-bond acceptors (Lipinski definition) is 5. The van der Waals surface area contributed by atoms with Crippen LogP contribution in [0.25, 0.3) is 0 Å². The second-order valence-electron chi connectivity index (χ2n) is 7.80. The van der Waals surface area contributed by atoms with Crippen molar-refractivity contribution in [1.82, 2.24) is 0 Å². The maximum Gasteiger partial charge on any atom is 0.144 e. The molecule has 1 fully saturated rings. The van der Waals surface area contributed by atoms with E-state index in [1.807, 2.05) is 25.3 Å². The van der Waals surface area contributed by atoms with Gasteiger partial charge in [0.05, 0.1) is 24.5 Å². The largest absolute Gasteiger partial charge is 0.497 e. The fraction of sp³-hybridized carbons (Fsp3) is 0.714. The maximum absolute atomic E-state index is 10.4. The maximum atomic E-state index is 10.4. The number of nitrogens with one attached hydrogen (secondary N) is 2. The molecule has 0 spiro atoms. The first-order valence-corrected chi connectivity index (χ1v) is 10.1. The lowest BCUT2D eigenvalue weighted by molar-refractivity contribution is 0.129. The number of benzene rings is 1. The topological polar surface area (TPSA) is 62.8 Å². The summed E-state index contributed by atoms with van der Waals surface area (Å²) in [4.78, 5) is 0. The van der Waals surface area contributed by atoms with Gasteiger partial charge < -0.3 is 25.2 Å². The fourth-order valence-electron chi connectivity index (χ4n) is 4.54. The van der Waals surface area contributed by atoms with Crippen LogP contribution in [0.3, 0.4) is 0 Å². The Morgan fingerprint density at radius 2 is 1.81 bits per heavy atom. The molecule has 0 amide bonds. The Balaban J connectivity index is 1.38. The summed E-state index contributed by atoms with van der Waals surface area (Å²) >= 11 is 0. The monoisotopic (exact) mass is 362 g/mol. The molecule has 5 heteroatoms. The van der Waals surface area contributed by atoms with Gasteiger partial charge in [0.25, 0.3) is 0 Å². The van der Waals surface area contributed by atoms with Gasteiger partial charge in [-0.2, -0.15) is 0 Å². The van der Waals surface area contributed by atoms with Gasteiger partial charge in [-0.05, 0) is 36.8 Å². The molecule has 0 saturated heterocycles. The van der Waals surface area contributed by atoms with E-state index in [-0.39, 0.29) is 6.04 Å². The van der Waals surface area contributed by atoms with E-state index >= 15 is 0 Å². The Labute approximate surface area is 157 Å². The normalized spacial score (nSPS) is 27.5. The van der Waals surface area contributed by atoms with E-state index in [2.05, 4.69) is 10.6 Å². The first kappa shape index (κ1) is 19.3. The highest BCUT2D eigenvalue weighted by molar-refractivity contribution is 5.73. The van der Waals surface area contributed by atoms with Gasteiger partial charge in [0, 0.05) is 19.8 Å². The van der Waals surface area contributed by atoms with Crippen LogP contribution in [-0.4, -0.2) is 38.2 Å². The molecule has 4 atom stereocenters. The Kier molecular flexibility index (Phi) is 7.03. The van der Waals surface area contributed by atoms with Crippen LogP contribution in [0.15, 0.2) is 18.2 Å². The van der Waals surface area contributed by atoms with Crippen molar-refractivity contribution in [3.63, 3.8) is 0 Å². The van der Waals surface area contributed by atoms with Crippen LogP contribution in [0, 0.1) is 11.8 Å². The van der Waals surface area contributed by atoms with E-state index in [1.165, 1.54) is 38.5 Å². The lowest BCUT2D eigenvalue weighted by atomic mass is 9.91. The van der Waals surface area contributed by atoms with E-state index in [1.54, 1.807) is 7.11 Å². The molecule has 3 rings (SSSR count). The minimum atomic E-state index is -0.560. The van der Waals surface area contributed by atoms with Crippen molar-refractivity contribution in [3.05, 3.63) is 18.2 Å². The van der Waals surface area contributed by atoms with Gasteiger partial charge in [-0.25, -0.2) is 0 Å². The highest BCUT2D eigenvalue weighted by Crippen LogP contribution is 2.36. The number of aliphatic hydroxyl groups is 1. The van der Waals surface area contributed by atoms with Crippen LogP contribution in [0.4, 0.5) is 11.4 Å². The van der Waals surface area contributed by atoms with E-state index in [0.717, 1.165) is 48.4 Å². The number of aliphatic hydroxyl groups excluding tert-OH is 1. The Morgan fingerprint density at radius 1 is 1.00 bits per heavy atom. The molecule has 1 aliphatic heterocycles. The van der Waals surface area contributed by atoms with Gasteiger partial charge in [0.2, 0.25) is 0 Å². The van der Waals surface area contributed by atoms with Crippen LogP contribution in [-0.2, 0) is 4.74 Å². The summed E-state index contributed by atoms with van der Waals surface area (Å²) in [5, 5.41) is 17.0. The second-order valence-corrected chi connectivity index (χ2v) is 7.80. The van der Waals surface area contributed by atoms with Crippen LogP contribution in [0.5, 0.6) is 5.75 Å². The predicted octanol–water partition coefficient (Wildman–Crippen LogP) is 4.23. The third kappa shape index (κ3) is 4.83. The van der Waals surface area contributed by atoms with Crippen molar-refractivity contribution in [3.8, 4) is 5.75 Å². The molecule has 26 heavy (non-hydrogen) atoms. The Hall–Kier alpha value is -1.46. The second kappa shape index (κ2) is 9.47. The van der Waals surface area contributed by atoms with Gasteiger partial charge in [-0.3, -0.25) is 0 Å². The summed E-state index contributed by atoms with van der Waals surface area (Å²) in [6.45, 7) is 0.929. The van der Waals surface area contributed by atoms with Gasteiger partial charge in [-0.15, -0.1) is 0 Å². The van der Waals surface area contributed by atoms with Gasteiger partial charge >= 0.3 is 0 Å². The van der Waals surface area contributed by atoms with Crippen molar-refractivity contribution in [2.75, 3.05) is 31.5 Å². The third-order valence-corrected chi connectivity index (χ3v) is 6.04. The molecular weight excluding hydrogens is 328 g/mol. The summed E-state index contributed by atoms with van der Waals surface area (Å²) in [5.74, 6) is 2.43. The van der Waals surface area contributed by atoms with Gasteiger partial charge in [0.15, 0.2) is 0 Å². The number of fused-ring (bicyclic) bond motifs is 1. The zero-order valence-corrected chi connectivity index (χ0v) is 16.2. The quantitative estimate of drug-likeness (QED) is 0.574. The summed E-state index contributed by atoms with van der Waals surface area (Å²) in [5.41, 5.74) is 1.94. The summed E-state index contributed by atoms with van der Waals surface area (Å²) < 4.78 is 10.6. The highest BCUT2D eigenvalue weighted by Gasteiger charge is 2.27. The van der Waals surface area contributed by atoms with Gasteiger partial charge in [0.1, 0.15) is 12.0 Å². The lowest BCUT2D eigenvalue weighted by Gasteiger charge is -2.33. The average Bonchev–Trinajstić information content (AvgIpc) is 3.08. The van der Waals surface area contributed by atoms with Crippen molar-refractivity contribution in [2.24, 2.45) is 11.8 Å². The molecule has 1 aliphatic carbocycles. The molecule has 0 radical (unpaired) electrons. The molecule has 2 aliphatic rings. The zero-order chi connectivity index (χ0) is 18.4. The minimum absolute atomic E-state index is 0.0589. The van der Waals surface area contributed by atoms with Gasteiger partial charge in [-0.1, -0.05) is 38.5 Å². The number of hydrogen-bond donors (Lipinski definition) is 3. The van der Waals surface area contributed by atoms with Crippen molar-refractivity contribution < 1.29 is 14.6 Å². The lowest BCUT2D eigenvalue weighted by Crippen LogP contribution is -2.42.